The predicted octanol–water partition coefficient (Wildman–Crippen LogP) is 4.38. The number of ether oxygens (including phenoxy) is 1. The summed E-state index contributed by atoms with van der Waals surface area (Å²) in [7, 11) is 1.65. The second kappa shape index (κ2) is 6.12. The zero-order valence-electron chi connectivity index (χ0n) is 12.4. The number of benzene rings is 1. The monoisotopic (exact) mass is 302 g/mol. The van der Waals surface area contributed by atoms with Crippen LogP contribution in [0, 0.1) is 0 Å². The Morgan fingerprint density at radius 3 is 2.62 bits per heavy atom. The van der Waals surface area contributed by atoms with Crippen LogP contribution >= 0.6 is 11.6 Å². The highest BCUT2D eigenvalue weighted by Gasteiger charge is 2.14. The van der Waals surface area contributed by atoms with E-state index in [-0.39, 0.29) is 6.10 Å². The Bertz CT molecular complexity index is 657. The molecule has 0 radical (unpaired) electrons. The first-order valence-corrected chi connectivity index (χ1v) is 7.74. The topological polar surface area (TPSA) is 35.0 Å². The zero-order chi connectivity index (χ0) is 14.8. The maximum absolute atomic E-state index is 6.14. The van der Waals surface area contributed by atoms with Crippen molar-refractivity contribution in [1.29, 1.82) is 0 Å². The fourth-order valence-electron chi connectivity index (χ4n) is 2.76. The molecule has 3 nitrogen and oxygen atoms in total. The highest BCUT2D eigenvalue weighted by atomic mass is 35.5. The molecule has 0 spiro atoms. The molecule has 3 rings (SSSR count). The molecule has 1 aliphatic carbocycles. The number of aromatic nitrogens is 2. The van der Waals surface area contributed by atoms with Crippen molar-refractivity contribution in [3.05, 3.63) is 46.4 Å². The lowest BCUT2D eigenvalue weighted by Crippen LogP contribution is -2.05. The minimum Gasteiger partial charge on any atom is -0.374 e. The van der Waals surface area contributed by atoms with Gasteiger partial charge in [0.25, 0.3) is 0 Å². The summed E-state index contributed by atoms with van der Waals surface area (Å²) in [5.41, 5.74) is 4.87. The first-order valence-electron chi connectivity index (χ1n) is 7.37. The Morgan fingerprint density at radius 1 is 1.10 bits per heavy atom. The summed E-state index contributed by atoms with van der Waals surface area (Å²) in [6.07, 6.45) is 4.74. The van der Waals surface area contributed by atoms with Crippen molar-refractivity contribution in [3.63, 3.8) is 0 Å². The predicted molar refractivity (Wildman–Crippen MR) is 84.5 cm³/mol. The Morgan fingerprint density at radius 2 is 1.86 bits per heavy atom. The maximum Gasteiger partial charge on any atom is 0.159 e. The number of aryl methyl sites for hydroxylation is 2. The van der Waals surface area contributed by atoms with E-state index in [0.717, 1.165) is 17.7 Å². The molecule has 110 valence electrons. The molecule has 2 aromatic rings. The SMILES string of the molecule is COC(C)c1nc(Cl)cc(-c2ccc3c(c2)CCCC3)n1. The molecule has 1 atom stereocenters. The zero-order valence-corrected chi connectivity index (χ0v) is 13.2. The van der Waals surface area contributed by atoms with Crippen molar-refractivity contribution in [2.45, 2.75) is 38.7 Å². The van der Waals surface area contributed by atoms with Crippen molar-refractivity contribution in [3.8, 4) is 11.3 Å². The van der Waals surface area contributed by atoms with Gasteiger partial charge in [0.1, 0.15) is 11.3 Å². The summed E-state index contributed by atoms with van der Waals surface area (Å²) in [5.74, 6) is 0.623. The maximum atomic E-state index is 6.14. The number of rotatable bonds is 3. The number of hydrogen-bond acceptors (Lipinski definition) is 3. The number of nitrogens with zero attached hydrogens (tertiary/aromatic N) is 2. The van der Waals surface area contributed by atoms with Crippen LogP contribution in [-0.4, -0.2) is 17.1 Å². The van der Waals surface area contributed by atoms with Crippen molar-refractivity contribution >= 4 is 11.6 Å². The van der Waals surface area contributed by atoms with Crippen LogP contribution in [0.5, 0.6) is 0 Å². The molecule has 0 bridgehead atoms. The van der Waals surface area contributed by atoms with Gasteiger partial charge in [0, 0.05) is 18.7 Å². The molecule has 0 amide bonds. The number of hydrogen-bond donors (Lipinski definition) is 0. The van der Waals surface area contributed by atoms with Crippen LogP contribution in [0.3, 0.4) is 0 Å². The standard InChI is InChI=1S/C17H19ClN2O/c1-11(21-2)17-19-15(10-16(18)20-17)14-8-7-12-5-3-4-6-13(12)9-14/h7-11H,3-6H2,1-2H3. The van der Waals surface area contributed by atoms with Crippen molar-refractivity contribution < 1.29 is 4.74 Å². The molecule has 1 heterocycles. The van der Waals surface area contributed by atoms with Gasteiger partial charge in [-0.1, -0.05) is 23.7 Å². The first-order chi connectivity index (χ1) is 10.2. The Balaban J connectivity index is 2.01. The van der Waals surface area contributed by atoms with Gasteiger partial charge >= 0.3 is 0 Å². The van der Waals surface area contributed by atoms with E-state index in [1.54, 1.807) is 7.11 Å². The van der Waals surface area contributed by atoms with E-state index < -0.39 is 0 Å². The van der Waals surface area contributed by atoms with Crippen molar-refractivity contribution in [2.75, 3.05) is 7.11 Å². The quantitative estimate of drug-likeness (QED) is 0.789. The minimum atomic E-state index is -0.167. The van der Waals surface area contributed by atoms with E-state index in [4.69, 9.17) is 16.3 Å². The summed E-state index contributed by atoms with van der Waals surface area (Å²) in [6.45, 7) is 1.92. The van der Waals surface area contributed by atoms with Crippen LogP contribution in [-0.2, 0) is 17.6 Å². The molecule has 0 fully saturated rings. The Kier molecular flexibility index (Phi) is 4.22. The van der Waals surface area contributed by atoms with E-state index in [9.17, 15) is 0 Å². The summed E-state index contributed by atoms with van der Waals surface area (Å²) < 4.78 is 5.29. The van der Waals surface area contributed by atoms with Crippen molar-refractivity contribution in [1.82, 2.24) is 9.97 Å². The minimum absolute atomic E-state index is 0.167. The summed E-state index contributed by atoms with van der Waals surface area (Å²) in [6, 6.07) is 8.41. The third kappa shape index (κ3) is 3.09. The van der Waals surface area contributed by atoms with E-state index in [0.29, 0.717) is 11.0 Å². The van der Waals surface area contributed by atoms with Gasteiger partial charge in [-0.05, 0) is 49.8 Å². The largest absolute Gasteiger partial charge is 0.374 e. The van der Waals surface area contributed by atoms with Crippen LogP contribution in [0.15, 0.2) is 24.3 Å². The number of methoxy groups -OCH3 is 1. The van der Waals surface area contributed by atoms with Crippen molar-refractivity contribution in [2.24, 2.45) is 0 Å². The fraction of sp³-hybridized carbons (Fsp3) is 0.412. The van der Waals surface area contributed by atoms with Crippen LogP contribution < -0.4 is 0 Å². The van der Waals surface area contributed by atoms with Gasteiger partial charge in [0.2, 0.25) is 0 Å². The molecule has 0 saturated heterocycles. The van der Waals surface area contributed by atoms with Crippen LogP contribution in [0.2, 0.25) is 5.15 Å². The van der Waals surface area contributed by atoms with E-state index in [2.05, 4.69) is 28.2 Å². The van der Waals surface area contributed by atoms with Gasteiger partial charge < -0.3 is 4.74 Å². The summed E-state index contributed by atoms with van der Waals surface area (Å²) >= 11 is 6.14. The number of fused-ring (bicyclic) bond motifs is 1. The normalized spacial score (nSPS) is 15.6. The molecule has 0 N–H and O–H groups in total. The van der Waals surface area contributed by atoms with E-state index in [1.165, 1.54) is 30.4 Å². The van der Waals surface area contributed by atoms with E-state index in [1.807, 2.05) is 13.0 Å². The van der Waals surface area contributed by atoms with Gasteiger partial charge in [-0.15, -0.1) is 0 Å². The lowest BCUT2D eigenvalue weighted by atomic mass is 9.90. The molecule has 0 saturated carbocycles. The van der Waals surface area contributed by atoms with Crippen LogP contribution in [0.25, 0.3) is 11.3 Å². The Hall–Kier alpha value is -1.45. The molecule has 1 aliphatic rings. The highest BCUT2D eigenvalue weighted by molar-refractivity contribution is 6.29. The summed E-state index contributed by atoms with van der Waals surface area (Å²) in [4.78, 5) is 8.85. The third-order valence-corrected chi connectivity index (χ3v) is 4.27. The summed E-state index contributed by atoms with van der Waals surface area (Å²) in [5, 5.41) is 0.455. The smallest absolute Gasteiger partial charge is 0.159 e. The van der Waals surface area contributed by atoms with Gasteiger partial charge in [-0.3, -0.25) is 0 Å². The lowest BCUT2D eigenvalue weighted by molar-refractivity contribution is 0.112. The van der Waals surface area contributed by atoms with Gasteiger partial charge in [-0.2, -0.15) is 0 Å². The molecular formula is C17H19ClN2O. The molecule has 1 aromatic carbocycles. The first kappa shape index (κ1) is 14.5. The number of halogens is 1. The second-order valence-corrected chi connectivity index (χ2v) is 5.89. The molecule has 1 unspecified atom stereocenters. The van der Waals surface area contributed by atoms with Crippen LogP contribution in [0.4, 0.5) is 0 Å². The third-order valence-electron chi connectivity index (χ3n) is 4.07. The Labute approximate surface area is 130 Å². The molecular weight excluding hydrogens is 284 g/mol. The van der Waals surface area contributed by atoms with E-state index >= 15 is 0 Å². The molecule has 4 heteroatoms. The molecule has 0 aliphatic heterocycles. The van der Waals surface area contributed by atoms with Gasteiger partial charge in [-0.25, -0.2) is 9.97 Å². The average molecular weight is 303 g/mol. The van der Waals surface area contributed by atoms with Gasteiger partial charge in [0.15, 0.2) is 5.82 Å². The van der Waals surface area contributed by atoms with Crippen LogP contribution in [0.1, 0.15) is 42.8 Å². The second-order valence-electron chi connectivity index (χ2n) is 5.50. The fourth-order valence-corrected chi connectivity index (χ4v) is 2.95. The molecule has 21 heavy (non-hydrogen) atoms. The molecule has 1 aromatic heterocycles. The average Bonchev–Trinajstić information content (AvgIpc) is 2.53. The van der Waals surface area contributed by atoms with Gasteiger partial charge in [0.05, 0.1) is 5.69 Å². The lowest BCUT2D eigenvalue weighted by Gasteiger charge is -2.17. The highest BCUT2D eigenvalue weighted by Crippen LogP contribution is 2.28.